The highest BCUT2D eigenvalue weighted by Gasteiger charge is 2.16. The Morgan fingerprint density at radius 2 is 0.689 bits per heavy atom. The topological polar surface area (TPSA) is 72.8 Å². The summed E-state index contributed by atoms with van der Waals surface area (Å²) in [4.78, 5) is 24.1. The normalized spacial score (nSPS) is 12.0. The van der Waals surface area contributed by atoms with Gasteiger partial charge in [0.2, 0.25) is 0 Å². The van der Waals surface area contributed by atoms with Crippen molar-refractivity contribution in [3.63, 3.8) is 0 Å². The third kappa shape index (κ3) is 35.6. The van der Waals surface area contributed by atoms with Crippen molar-refractivity contribution in [2.75, 3.05) is 13.2 Å². The van der Waals surface area contributed by atoms with Crippen LogP contribution < -0.4 is 0 Å². The van der Waals surface area contributed by atoms with Gasteiger partial charge in [-0.05, 0) is 12.8 Å². The molecule has 0 rings (SSSR count). The first-order valence-corrected chi connectivity index (χ1v) is 20.1. The summed E-state index contributed by atoms with van der Waals surface area (Å²) < 4.78 is 10.6. The molecule has 0 amide bonds. The van der Waals surface area contributed by atoms with Crippen LogP contribution >= 0.6 is 0 Å². The zero-order chi connectivity index (χ0) is 32.9. The highest BCUT2D eigenvalue weighted by Crippen LogP contribution is 2.16. The lowest BCUT2D eigenvalue weighted by molar-refractivity contribution is -0.161. The lowest BCUT2D eigenvalue weighted by atomic mass is 10.0. The van der Waals surface area contributed by atoms with E-state index in [0.29, 0.717) is 12.8 Å². The van der Waals surface area contributed by atoms with Gasteiger partial charge < -0.3 is 14.6 Å². The van der Waals surface area contributed by atoms with E-state index in [1.54, 1.807) is 0 Å². The molecule has 0 fully saturated rings. The average molecular weight is 639 g/mol. The van der Waals surface area contributed by atoms with E-state index < -0.39 is 6.10 Å². The quantitative estimate of drug-likeness (QED) is 0.0541. The Morgan fingerprint density at radius 3 is 0.978 bits per heavy atom. The molecule has 0 heterocycles. The van der Waals surface area contributed by atoms with Gasteiger partial charge in [0.05, 0.1) is 6.61 Å². The maximum Gasteiger partial charge on any atom is 0.306 e. The fraction of sp³-hybridized carbons (Fsp3) is 0.950. The van der Waals surface area contributed by atoms with Crippen molar-refractivity contribution in [3.8, 4) is 0 Å². The van der Waals surface area contributed by atoms with Gasteiger partial charge in [0.15, 0.2) is 6.10 Å². The van der Waals surface area contributed by atoms with Gasteiger partial charge in [0.25, 0.3) is 0 Å². The fourth-order valence-corrected chi connectivity index (χ4v) is 6.08. The van der Waals surface area contributed by atoms with Crippen LogP contribution in [0.25, 0.3) is 0 Å². The third-order valence-corrected chi connectivity index (χ3v) is 9.15. The number of esters is 2. The van der Waals surface area contributed by atoms with Gasteiger partial charge in [-0.3, -0.25) is 9.59 Å². The molecule has 1 N–H and O–H groups in total. The Bertz CT molecular complexity index is 607. The molecule has 0 aliphatic rings. The smallest absolute Gasteiger partial charge is 0.306 e. The number of hydrogen-bond donors (Lipinski definition) is 1. The molecule has 0 aromatic heterocycles. The molecule has 0 saturated heterocycles. The predicted octanol–water partition coefficient (Wildman–Crippen LogP) is 12.3. The highest BCUT2D eigenvalue weighted by atomic mass is 16.6. The molecule has 0 bridgehead atoms. The minimum Gasteiger partial charge on any atom is -0.462 e. The lowest BCUT2D eigenvalue weighted by Gasteiger charge is -2.15. The van der Waals surface area contributed by atoms with E-state index in [1.807, 2.05) is 0 Å². The van der Waals surface area contributed by atoms with Crippen LogP contribution in [0.15, 0.2) is 0 Å². The summed E-state index contributed by atoms with van der Waals surface area (Å²) in [5.74, 6) is -0.582. The van der Waals surface area contributed by atoms with Crippen LogP contribution in [0.3, 0.4) is 0 Å². The zero-order valence-corrected chi connectivity index (χ0v) is 30.4. The van der Waals surface area contributed by atoms with Crippen LogP contribution in [-0.4, -0.2) is 36.4 Å². The van der Waals surface area contributed by atoms with Crippen LogP contribution in [0.4, 0.5) is 0 Å². The third-order valence-electron chi connectivity index (χ3n) is 9.15. The molecule has 0 saturated carbocycles. The van der Waals surface area contributed by atoms with E-state index in [4.69, 9.17) is 9.47 Å². The van der Waals surface area contributed by atoms with Crippen LogP contribution in [0, 0.1) is 0 Å². The molecular weight excluding hydrogens is 560 g/mol. The van der Waals surface area contributed by atoms with Crippen LogP contribution in [-0.2, 0) is 19.1 Å². The highest BCUT2D eigenvalue weighted by molar-refractivity contribution is 5.70. The number of carbonyl (C=O) groups is 2. The Hall–Kier alpha value is -1.10. The van der Waals surface area contributed by atoms with Gasteiger partial charge in [0.1, 0.15) is 6.61 Å². The van der Waals surface area contributed by atoms with Crippen molar-refractivity contribution >= 4 is 11.9 Å². The van der Waals surface area contributed by atoms with Crippen LogP contribution in [0.1, 0.15) is 226 Å². The van der Waals surface area contributed by atoms with E-state index in [-0.39, 0.29) is 25.2 Å². The molecule has 0 aromatic carbocycles. The summed E-state index contributed by atoms with van der Waals surface area (Å²) in [6.45, 7) is 4.13. The van der Waals surface area contributed by atoms with Gasteiger partial charge in [-0.1, -0.05) is 200 Å². The van der Waals surface area contributed by atoms with Gasteiger partial charge in [-0.25, -0.2) is 0 Å². The second-order valence-corrected chi connectivity index (χ2v) is 13.7. The Kier molecular flexibility index (Phi) is 36.4. The van der Waals surface area contributed by atoms with E-state index in [0.717, 1.165) is 38.5 Å². The van der Waals surface area contributed by atoms with Crippen molar-refractivity contribution in [2.24, 2.45) is 0 Å². The first kappa shape index (κ1) is 43.9. The second-order valence-electron chi connectivity index (χ2n) is 13.7. The first-order valence-electron chi connectivity index (χ1n) is 20.1. The molecule has 5 nitrogen and oxygen atoms in total. The van der Waals surface area contributed by atoms with Gasteiger partial charge >= 0.3 is 11.9 Å². The molecule has 268 valence electrons. The van der Waals surface area contributed by atoms with E-state index in [1.165, 1.54) is 161 Å². The summed E-state index contributed by atoms with van der Waals surface area (Å²) in [5, 5.41) is 9.51. The standard InChI is InChI=1S/C40H78O5/c1-3-5-7-9-11-13-14-15-16-17-18-19-20-21-22-23-24-25-26-27-29-31-33-35-40(43)45-38(36-41)37-44-39(42)34-32-30-28-12-10-8-6-4-2/h38,41H,3-37H2,1-2H3/t38-/m0/s1. The average Bonchev–Trinajstić information content (AvgIpc) is 3.04. The van der Waals surface area contributed by atoms with E-state index in [9.17, 15) is 14.7 Å². The molecule has 5 heteroatoms. The molecule has 0 aromatic rings. The van der Waals surface area contributed by atoms with Crippen LogP contribution in [0.2, 0.25) is 0 Å². The number of carbonyl (C=O) groups excluding carboxylic acids is 2. The molecule has 0 spiro atoms. The fourth-order valence-electron chi connectivity index (χ4n) is 6.08. The Balaban J connectivity index is 3.41. The molecule has 1 atom stereocenters. The number of unbranched alkanes of at least 4 members (excludes halogenated alkanes) is 29. The Morgan fingerprint density at radius 1 is 0.422 bits per heavy atom. The number of aliphatic hydroxyl groups excluding tert-OH is 1. The number of hydrogen-bond acceptors (Lipinski definition) is 5. The minimum atomic E-state index is -0.760. The minimum absolute atomic E-state index is 0.0580. The van der Waals surface area contributed by atoms with Crippen molar-refractivity contribution in [3.05, 3.63) is 0 Å². The Labute approximate surface area is 280 Å². The summed E-state index contributed by atoms with van der Waals surface area (Å²) >= 11 is 0. The van der Waals surface area contributed by atoms with E-state index >= 15 is 0 Å². The zero-order valence-electron chi connectivity index (χ0n) is 30.4. The molecule has 0 aliphatic heterocycles. The number of rotatable bonds is 37. The lowest BCUT2D eigenvalue weighted by Crippen LogP contribution is -2.28. The van der Waals surface area contributed by atoms with E-state index in [2.05, 4.69) is 13.8 Å². The maximum atomic E-state index is 12.1. The largest absolute Gasteiger partial charge is 0.462 e. The SMILES string of the molecule is CCCCCCCCCCCCCCCCCCCCCCCCCC(=O)O[C@@H](CO)COC(=O)CCCCCCCCCC. The second kappa shape index (κ2) is 37.4. The van der Waals surface area contributed by atoms with Gasteiger partial charge in [-0.15, -0.1) is 0 Å². The maximum absolute atomic E-state index is 12.1. The summed E-state index contributed by atoms with van der Waals surface area (Å²) in [5.41, 5.74) is 0. The summed E-state index contributed by atoms with van der Waals surface area (Å²) in [7, 11) is 0. The molecule has 45 heavy (non-hydrogen) atoms. The predicted molar refractivity (Wildman–Crippen MR) is 192 cm³/mol. The van der Waals surface area contributed by atoms with Gasteiger partial charge in [0, 0.05) is 12.8 Å². The number of aliphatic hydroxyl groups is 1. The molecule has 0 unspecified atom stereocenters. The molecular formula is C40H78O5. The van der Waals surface area contributed by atoms with Gasteiger partial charge in [-0.2, -0.15) is 0 Å². The van der Waals surface area contributed by atoms with Crippen molar-refractivity contribution in [1.29, 1.82) is 0 Å². The monoisotopic (exact) mass is 639 g/mol. The molecule has 0 aliphatic carbocycles. The first-order chi connectivity index (χ1) is 22.1. The summed E-state index contributed by atoms with van der Waals surface area (Å²) in [6, 6.07) is 0. The van der Waals surface area contributed by atoms with Crippen molar-refractivity contribution in [2.45, 2.75) is 232 Å². The van der Waals surface area contributed by atoms with Crippen LogP contribution in [0.5, 0.6) is 0 Å². The molecule has 0 radical (unpaired) electrons. The number of ether oxygens (including phenoxy) is 2. The van der Waals surface area contributed by atoms with Crippen molar-refractivity contribution < 1.29 is 24.2 Å². The summed E-state index contributed by atoms with van der Waals surface area (Å²) in [6.07, 6.45) is 40.4. The van der Waals surface area contributed by atoms with Crippen molar-refractivity contribution in [1.82, 2.24) is 0 Å².